The summed E-state index contributed by atoms with van der Waals surface area (Å²) in [4.78, 5) is 50.2. The van der Waals surface area contributed by atoms with Crippen LogP contribution in [0.1, 0.15) is 24.3 Å². The van der Waals surface area contributed by atoms with Crippen molar-refractivity contribution < 1.29 is 116 Å². The molecule has 7 rings (SSSR count). The molecular formula is C24H31N13Na2O12P2. The van der Waals surface area contributed by atoms with E-state index in [0.29, 0.717) is 0 Å². The maximum atomic E-state index is 13.3. The van der Waals surface area contributed by atoms with Crippen molar-refractivity contribution in [1.29, 1.82) is 0 Å². The Labute approximate surface area is 343 Å². The molecule has 0 amide bonds. The number of nitrogens with zero attached hydrogens (tertiary/aromatic N) is 9. The smallest absolute Gasteiger partial charge is 0.761 e. The van der Waals surface area contributed by atoms with Gasteiger partial charge in [0.25, 0.3) is 7.82 Å². The van der Waals surface area contributed by atoms with Crippen molar-refractivity contribution in [3.8, 4) is 0 Å². The number of rotatable bonds is 12. The van der Waals surface area contributed by atoms with E-state index in [2.05, 4.69) is 35.2 Å². The van der Waals surface area contributed by atoms with E-state index in [9.17, 15) is 29.1 Å². The monoisotopic (exact) mass is 801 g/mol. The van der Waals surface area contributed by atoms with Crippen molar-refractivity contribution in [3.63, 3.8) is 0 Å². The largest absolute Gasteiger partial charge is 1.00 e. The summed E-state index contributed by atoms with van der Waals surface area (Å²) >= 11 is 0. The van der Waals surface area contributed by atoms with Gasteiger partial charge in [0.2, 0.25) is 7.75 Å². The van der Waals surface area contributed by atoms with E-state index in [1.807, 2.05) is 0 Å². The van der Waals surface area contributed by atoms with Crippen molar-refractivity contribution >= 4 is 44.3 Å². The normalized spacial score (nSPS) is 30.4. The van der Waals surface area contributed by atoms with E-state index in [0.717, 1.165) is 16.9 Å². The quantitative estimate of drug-likeness (QED) is 0.0572. The SMILES string of the molecule is CO[C@@H]1[C@H](OP(=O)([O-])OC[C@H]2O[C@@H](n3cnc4c3NC(N)=NC4N)[C@H](O)[C@@H]2O)[C@@H](COP(=O)([O-])n2ccnc2)O[C@H]1n1cnc2c(N)ncnc21.[Na+].[Na+]. The Bertz CT molecular complexity index is 2020. The molecule has 0 aliphatic carbocycles. The number of aliphatic hydroxyl groups excluding tert-OH is 2. The molecule has 0 spiro atoms. The van der Waals surface area contributed by atoms with Crippen LogP contribution in [-0.4, -0.2) is 112 Å². The molecule has 2 fully saturated rings. The number of hydrogen-bond donors (Lipinski definition) is 6. The minimum atomic E-state index is -5.37. The van der Waals surface area contributed by atoms with E-state index >= 15 is 0 Å². The molecule has 53 heavy (non-hydrogen) atoms. The van der Waals surface area contributed by atoms with E-state index in [4.69, 9.17) is 45.0 Å². The zero-order valence-corrected chi connectivity index (χ0v) is 34.0. The number of guanidine groups is 1. The first-order valence-electron chi connectivity index (χ1n) is 14.9. The predicted octanol–water partition coefficient (Wildman–Crippen LogP) is -9.36. The van der Waals surface area contributed by atoms with Crippen molar-refractivity contribution in [1.82, 2.24) is 38.4 Å². The van der Waals surface area contributed by atoms with Gasteiger partial charge in [-0.3, -0.25) is 22.6 Å². The van der Waals surface area contributed by atoms with Gasteiger partial charge in [-0.15, -0.1) is 0 Å². The number of hydrogen-bond acceptors (Lipinski definition) is 22. The Kier molecular flexibility index (Phi) is 13.3. The third-order valence-electron chi connectivity index (χ3n) is 8.28. The van der Waals surface area contributed by atoms with Gasteiger partial charge in [-0.25, -0.2) is 29.9 Å². The van der Waals surface area contributed by atoms with Crippen LogP contribution < -0.4 is 91.4 Å². The fourth-order valence-corrected chi connectivity index (χ4v) is 7.67. The van der Waals surface area contributed by atoms with Gasteiger partial charge in [-0.05, 0) is 0 Å². The molecule has 0 aromatic carbocycles. The van der Waals surface area contributed by atoms with Gasteiger partial charge >= 0.3 is 59.1 Å². The Morgan fingerprint density at radius 1 is 0.943 bits per heavy atom. The van der Waals surface area contributed by atoms with E-state index in [1.54, 1.807) is 0 Å². The molecule has 3 aliphatic heterocycles. The minimum absolute atomic E-state index is 0. The van der Waals surface area contributed by atoms with Gasteiger partial charge in [0.15, 0.2) is 29.9 Å². The Hall–Kier alpha value is -1.94. The maximum absolute atomic E-state index is 13.3. The van der Waals surface area contributed by atoms with Crippen LogP contribution in [-0.2, 0) is 36.9 Å². The second kappa shape index (κ2) is 16.7. The van der Waals surface area contributed by atoms with Crippen LogP contribution in [0.3, 0.4) is 0 Å². The predicted molar refractivity (Wildman–Crippen MR) is 164 cm³/mol. The number of nitrogens with two attached hydrogens (primary N) is 3. The molecule has 0 radical (unpaired) electrons. The van der Waals surface area contributed by atoms with Crippen LogP contribution in [0.4, 0.5) is 11.6 Å². The van der Waals surface area contributed by atoms with Gasteiger partial charge in [0, 0.05) is 19.5 Å². The zero-order valence-electron chi connectivity index (χ0n) is 28.2. The van der Waals surface area contributed by atoms with Gasteiger partial charge in [-0.2, -0.15) is 0 Å². The number of phosphoric acid groups is 1. The summed E-state index contributed by atoms with van der Waals surface area (Å²) in [6.07, 6.45) is -5.15. The molecule has 9 N–H and O–H groups in total. The van der Waals surface area contributed by atoms with Crippen molar-refractivity contribution in [2.45, 2.75) is 55.2 Å². The number of ether oxygens (including phenoxy) is 3. The maximum Gasteiger partial charge on any atom is 1.00 e. The summed E-state index contributed by atoms with van der Waals surface area (Å²) < 4.78 is 62.7. The fraction of sp³-hybridized carbons (Fsp3) is 0.500. The van der Waals surface area contributed by atoms with Crippen molar-refractivity contribution in [2.24, 2.45) is 16.5 Å². The number of aliphatic imine (C=N–C) groups is 1. The van der Waals surface area contributed by atoms with E-state index < -0.39 is 84.0 Å². The van der Waals surface area contributed by atoms with Crippen LogP contribution in [0.2, 0.25) is 0 Å². The average Bonchev–Trinajstić information content (AvgIpc) is 3.92. The van der Waals surface area contributed by atoms with Gasteiger partial charge in [0.05, 0.1) is 25.9 Å². The number of phosphoric ester groups is 1. The topological polar surface area (TPSA) is 358 Å². The number of aromatic nitrogens is 8. The van der Waals surface area contributed by atoms with Gasteiger partial charge in [0.1, 0.15) is 72.5 Å². The number of aliphatic hydroxyl groups is 2. The molecule has 0 bridgehead atoms. The minimum Gasteiger partial charge on any atom is -0.761 e. The molecule has 29 heteroatoms. The van der Waals surface area contributed by atoms with Crippen LogP contribution in [0, 0.1) is 0 Å². The number of anilines is 2. The Morgan fingerprint density at radius 3 is 2.38 bits per heavy atom. The second-order valence-corrected chi connectivity index (χ2v) is 14.4. The fourth-order valence-electron chi connectivity index (χ4n) is 5.85. The summed E-state index contributed by atoms with van der Waals surface area (Å²) in [5, 5.41) is 24.3. The van der Waals surface area contributed by atoms with Crippen LogP contribution >= 0.6 is 15.6 Å². The van der Waals surface area contributed by atoms with E-state index in [1.165, 1.54) is 41.4 Å². The molecule has 25 nitrogen and oxygen atoms in total. The average molecular weight is 802 g/mol. The summed E-state index contributed by atoms with van der Waals surface area (Å²) in [5.41, 5.74) is 18.3. The third-order valence-corrected chi connectivity index (χ3v) is 10.5. The molecular weight excluding hydrogens is 770 g/mol. The number of nitrogen functional groups attached to an aromatic ring is 1. The molecule has 3 unspecified atom stereocenters. The second-order valence-electron chi connectivity index (χ2n) is 11.4. The van der Waals surface area contributed by atoms with Crippen molar-refractivity contribution in [2.75, 3.05) is 31.4 Å². The summed E-state index contributed by atoms with van der Waals surface area (Å²) in [6.45, 7) is -1.57. The van der Waals surface area contributed by atoms with Gasteiger partial charge in [-0.1, -0.05) is 0 Å². The first-order valence-corrected chi connectivity index (χ1v) is 17.9. The van der Waals surface area contributed by atoms with Crippen LogP contribution in [0.15, 0.2) is 42.7 Å². The molecule has 276 valence electrons. The van der Waals surface area contributed by atoms with Gasteiger partial charge < -0.3 is 70.3 Å². The molecule has 4 aromatic rings. The number of nitrogens with one attached hydrogen (secondary N) is 1. The Balaban J connectivity index is 0.00000271. The molecule has 7 heterocycles. The summed E-state index contributed by atoms with van der Waals surface area (Å²) in [6, 6.07) is 0. The molecule has 4 aromatic heterocycles. The van der Waals surface area contributed by atoms with Crippen LogP contribution in [0.25, 0.3) is 11.2 Å². The van der Waals surface area contributed by atoms with E-state index in [-0.39, 0.29) is 93.6 Å². The summed E-state index contributed by atoms with van der Waals surface area (Å²) in [5.74, 6) is 0.275. The van der Waals surface area contributed by atoms with Crippen molar-refractivity contribution in [3.05, 3.63) is 43.4 Å². The first-order chi connectivity index (χ1) is 24.3. The standard InChI is InChI=1S/C24H33N13O12P2.2Na/c1-44-17-16(11(5-45-50(40,41)35-3-2-28-7-35)48-23(17)36-8-31-12-18(25)29-6-30-20(12)36)49-51(42,43)46-4-10-14(38)15(39)22(47-10)37-9-32-13-19(26)33-24(27)34-21(13)37;;/h2-3,6-11,14-17,19,22-23,38-39H,4-5,26H2,1H3,(H,40,41)(H,42,43)(H2,25,29,30)(H3,27,33,34);;/q;2*+1/p-2/t10-,11-,14-,15-,16-,17-,19?,22-,23-;;/m1../s1. The molecule has 2 saturated heterocycles. The molecule has 3 aliphatic rings. The summed E-state index contributed by atoms with van der Waals surface area (Å²) in [7, 11) is -8.90. The molecule has 0 saturated carbocycles. The number of fused-ring (bicyclic) bond motifs is 2. The van der Waals surface area contributed by atoms with Crippen LogP contribution in [0.5, 0.6) is 0 Å². The molecule has 11 atom stereocenters. The third kappa shape index (κ3) is 8.30. The first kappa shape index (κ1) is 42.2. The number of imidazole rings is 3. The Morgan fingerprint density at radius 2 is 1.66 bits per heavy atom. The number of methoxy groups -OCH3 is 1. The zero-order chi connectivity index (χ0) is 36.2.